The third kappa shape index (κ3) is 5.30. The first-order chi connectivity index (χ1) is 19.3. The van der Waals surface area contributed by atoms with E-state index in [4.69, 9.17) is 25.5 Å². The highest BCUT2D eigenvalue weighted by molar-refractivity contribution is 7.11. The van der Waals surface area contributed by atoms with Gasteiger partial charge in [-0.05, 0) is 25.8 Å². The zero-order chi connectivity index (χ0) is 28.4. The van der Waals surface area contributed by atoms with Crippen LogP contribution in [-0.2, 0) is 14.3 Å². The number of thiazole rings is 1. The predicted octanol–water partition coefficient (Wildman–Crippen LogP) is 4.67. The molecule has 0 bridgehead atoms. The summed E-state index contributed by atoms with van der Waals surface area (Å²) < 4.78 is 44.0. The number of methoxy groups -OCH3 is 1. The van der Waals surface area contributed by atoms with Crippen molar-refractivity contribution >= 4 is 46.7 Å². The number of piperidine rings is 1. The number of nitrogens with zero attached hydrogens (tertiary/aromatic N) is 4. The number of hydrogen-bond donors (Lipinski definition) is 1. The Morgan fingerprint density at radius 3 is 2.70 bits per heavy atom. The molecule has 0 saturated carbocycles. The van der Waals surface area contributed by atoms with Crippen LogP contribution in [0.5, 0.6) is 0 Å². The number of esters is 2. The molecule has 14 heteroatoms. The van der Waals surface area contributed by atoms with Gasteiger partial charge in [0, 0.05) is 41.8 Å². The summed E-state index contributed by atoms with van der Waals surface area (Å²) >= 11 is 7.56. The van der Waals surface area contributed by atoms with Gasteiger partial charge in [-0.2, -0.15) is 4.98 Å². The molecule has 2 aromatic heterocycles. The fourth-order valence-corrected chi connectivity index (χ4v) is 5.56. The zero-order valence-corrected chi connectivity index (χ0v) is 23.0. The fraction of sp³-hybridized carbons (Fsp3) is 0.346. The summed E-state index contributed by atoms with van der Waals surface area (Å²) in [5.74, 6) is -3.39. The number of oxazole rings is 1. The molecule has 1 fully saturated rings. The molecule has 0 amide bonds. The monoisotopic (exact) mass is 591 g/mol. The van der Waals surface area contributed by atoms with Crippen LogP contribution in [0.15, 0.2) is 50.7 Å². The molecule has 0 radical (unpaired) electrons. The molecule has 3 aromatic rings. The van der Waals surface area contributed by atoms with Crippen LogP contribution in [0.2, 0.25) is 5.02 Å². The average Bonchev–Trinajstić information content (AvgIpc) is 3.69. The highest BCUT2D eigenvalue weighted by Crippen LogP contribution is 2.41. The summed E-state index contributed by atoms with van der Waals surface area (Å²) in [6, 6.07) is 1.48. The Bertz CT molecular complexity index is 1480. The van der Waals surface area contributed by atoms with Crippen molar-refractivity contribution in [2.45, 2.75) is 25.8 Å². The lowest BCUT2D eigenvalue weighted by Gasteiger charge is -2.36. The van der Waals surface area contributed by atoms with Crippen LogP contribution in [0, 0.1) is 17.6 Å². The van der Waals surface area contributed by atoms with E-state index in [9.17, 15) is 18.4 Å². The van der Waals surface area contributed by atoms with Crippen molar-refractivity contribution < 1.29 is 32.3 Å². The lowest BCUT2D eigenvalue weighted by molar-refractivity contribution is -0.136. The largest absolute Gasteiger partial charge is 0.466 e. The van der Waals surface area contributed by atoms with Gasteiger partial charge in [0.05, 0.1) is 24.3 Å². The summed E-state index contributed by atoms with van der Waals surface area (Å²) in [4.78, 5) is 40.3. The molecule has 1 saturated heterocycles. The van der Waals surface area contributed by atoms with Crippen molar-refractivity contribution in [2.24, 2.45) is 10.9 Å². The minimum Gasteiger partial charge on any atom is -0.466 e. The third-order valence-electron chi connectivity index (χ3n) is 6.63. The molecule has 0 spiro atoms. The number of aliphatic imine (C=N–C) groups is 1. The topological polar surface area (TPSA) is 119 Å². The first-order valence-electron chi connectivity index (χ1n) is 12.4. The first kappa shape index (κ1) is 27.7. The van der Waals surface area contributed by atoms with Crippen LogP contribution in [0.25, 0.3) is 0 Å². The number of rotatable bonds is 7. The molecule has 10 nitrogen and oxygen atoms in total. The number of ether oxygens (including phenoxy) is 2. The number of carbonyl (C=O) groups excluding carboxylic acids is 2. The van der Waals surface area contributed by atoms with E-state index in [1.165, 1.54) is 30.8 Å². The molecule has 2 aliphatic heterocycles. The number of aromatic nitrogens is 2. The standard InChI is InChI=1S/C26H24ClF2N5O5S/c1-3-38-24(35)16-12-39-26(31-16)34-9-6-13(7-10-34)20-17(25(36)37-2)21(14-4-5-15(28)19(29)18(14)27)33-22(32-20)23-30-8-11-40-23/h4-5,8,11-13,21H,3,6-7,9-10H2,1-2H3,(H,32,33). The molecule has 5 rings (SSSR count). The molecular weight excluding hydrogens is 568 g/mol. The zero-order valence-electron chi connectivity index (χ0n) is 21.4. The van der Waals surface area contributed by atoms with E-state index in [0.29, 0.717) is 42.5 Å². The van der Waals surface area contributed by atoms with Gasteiger partial charge in [0.25, 0.3) is 6.01 Å². The van der Waals surface area contributed by atoms with E-state index in [1.54, 1.807) is 18.5 Å². The number of allylic oxidation sites excluding steroid dienone is 1. The molecule has 0 aliphatic carbocycles. The van der Waals surface area contributed by atoms with Crippen molar-refractivity contribution in [1.29, 1.82) is 0 Å². The van der Waals surface area contributed by atoms with E-state index in [0.717, 1.165) is 6.07 Å². The van der Waals surface area contributed by atoms with Crippen molar-refractivity contribution in [2.75, 3.05) is 31.7 Å². The van der Waals surface area contributed by atoms with Crippen LogP contribution < -0.4 is 10.2 Å². The van der Waals surface area contributed by atoms with E-state index in [1.807, 2.05) is 4.90 Å². The summed E-state index contributed by atoms with van der Waals surface area (Å²) in [6.45, 7) is 2.91. The van der Waals surface area contributed by atoms with Crippen LogP contribution in [0.3, 0.4) is 0 Å². The molecule has 40 heavy (non-hydrogen) atoms. The van der Waals surface area contributed by atoms with Gasteiger partial charge in [-0.25, -0.2) is 23.4 Å². The van der Waals surface area contributed by atoms with Gasteiger partial charge >= 0.3 is 11.9 Å². The lowest BCUT2D eigenvalue weighted by Crippen LogP contribution is -2.41. The Morgan fingerprint density at radius 2 is 2.02 bits per heavy atom. The normalized spacial score (nSPS) is 17.9. The Morgan fingerprint density at radius 1 is 1.25 bits per heavy atom. The SMILES string of the molecule is CCOC(=O)c1coc(N2CCC(C3=C(C(=O)OC)C(c4ccc(F)c(F)c4Cl)N=C(c4nccs4)N3)CC2)n1. The Balaban J connectivity index is 1.49. The van der Waals surface area contributed by atoms with Crippen molar-refractivity contribution in [1.82, 2.24) is 15.3 Å². The van der Waals surface area contributed by atoms with Crippen molar-refractivity contribution in [3.63, 3.8) is 0 Å². The number of hydrogen-bond acceptors (Lipinski definition) is 11. The Kier molecular flexibility index (Phi) is 8.12. The lowest BCUT2D eigenvalue weighted by atomic mass is 9.85. The molecule has 4 heterocycles. The van der Waals surface area contributed by atoms with Gasteiger partial charge in [-0.1, -0.05) is 17.7 Å². The predicted molar refractivity (Wildman–Crippen MR) is 142 cm³/mol. The molecule has 1 N–H and O–H groups in total. The smallest absolute Gasteiger partial charge is 0.360 e. The summed E-state index contributed by atoms with van der Waals surface area (Å²) in [5, 5.41) is 5.13. The van der Waals surface area contributed by atoms with Crippen LogP contribution in [-0.4, -0.2) is 54.5 Å². The maximum Gasteiger partial charge on any atom is 0.360 e. The minimum absolute atomic E-state index is 0.0826. The molecule has 210 valence electrons. The van der Waals surface area contributed by atoms with E-state index < -0.39 is 34.6 Å². The molecule has 1 unspecified atom stereocenters. The van der Waals surface area contributed by atoms with E-state index in [-0.39, 0.29) is 35.4 Å². The second-order valence-electron chi connectivity index (χ2n) is 8.92. The second kappa shape index (κ2) is 11.7. The summed E-state index contributed by atoms with van der Waals surface area (Å²) in [5.41, 5.74) is 0.892. The van der Waals surface area contributed by atoms with Gasteiger partial charge < -0.3 is 24.1 Å². The van der Waals surface area contributed by atoms with Gasteiger partial charge in [0.1, 0.15) is 12.3 Å². The molecular formula is C26H24ClF2N5O5S. The van der Waals surface area contributed by atoms with Crippen molar-refractivity contribution in [3.05, 3.63) is 74.2 Å². The highest BCUT2D eigenvalue weighted by atomic mass is 35.5. The number of benzene rings is 1. The summed E-state index contributed by atoms with van der Waals surface area (Å²) in [7, 11) is 1.24. The quantitative estimate of drug-likeness (QED) is 0.309. The Hall–Kier alpha value is -3.84. The third-order valence-corrected chi connectivity index (χ3v) is 7.79. The molecule has 2 aliphatic rings. The molecule has 1 aromatic carbocycles. The Labute approximate surface area is 236 Å². The van der Waals surface area contributed by atoms with Gasteiger partial charge in [0.15, 0.2) is 28.2 Å². The fourth-order valence-electron chi connectivity index (χ4n) is 4.72. The van der Waals surface area contributed by atoms with Crippen molar-refractivity contribution in [3.8, 4) is 0 Å². The number of nitrogens with one attached hydrogen (secondary N) is 1. The van der Waals surface area contributed by atoms with E-state index >= 15 is 0 Å². The van der Waals surface area contributed by atoms with E-state index in [2.05, 4.69) is 20.3 Å². The minimum atomic E-state index is -1.23. The summed E-state index contributed by atoms with van der Waals surface area (Å²) in [6.07, 6.45) is 3.99. The number of anilines is 1. The number of amidine groups is 1. The van der Waals surface area contributed by atoms with Crippen LogP contribution >= 0.6 is 22.9 Å². The maximum atomic E-state index is 14.5. The second-order valence-corrected chi connectivity index (χ2v) is 10.2. The first-order valence-corrected chi connectivity index (χ1v) is 13.7. The van der Waals surface area contributed by atoms with Crippen LogP contribution in [0.1, 0.15) is 46.9 Å². The highest BCUT2D eigenvalue weighted by Gasteiger charge is 2.38. The van der Waals surface area contributed by atoms with Gasteiger partial charge in [-0.15, -0.1) is 11.3 Å². The van der Waals surface area contributed by atoms with Gasteiger partial charge in [0.2, 0.25) is 0 Å². The number of carbonyl (C=O) groups is 2. The molecule has 1 atom stereocenters. The van der Waals surface area contributed by atoms with Crippen LogP contribution in [0.4, 0.5) is 14.8 Å². The van der Waals surface area contributed by atoms with Gasteiger partial charge in [-0.3, -0.25) is 4.99 Å². The number of halogens is 3. The average molecular weight is 592 g/mol. The maximum absolute atomic E-state index is 14.5.